The molecule has 0 saturated carbocycles. The molecule has 0 atom stereocenters. The maximum Gasteiger partial charge on any atom is 0.331 e. The number of aryl methyl sites for hydroxylation is 1. The quantitative estimate of drug-likeness (QED) is 0.538. The Balaban J connectivity index is 1.84. The molecule has 3 rings (SSSR count). The third kappa shape index (κ3) is 2.75. The first-order valence-corrected chi connectivity index (χ1v) is 6.31. The van der Waals surface area contributed by atoms with E-state index in [0.29, 0.717) is 17.5 Å². The molecule has 0 saturated heterocycles. The van der Waals surface area contributed by atoms with Crippen molar-refractivity contribution < 1.29 is 14.2 Å². The van der Waals surface area contributed by atoms with Crippen LogP contribution < -0.4 is 4.74 Å². The molecule has 1 aromatic carbocycles. The molecule has 8 heteroatoms. The van der Waals surface area contributed by atoms with Gasteiger partial charge < -0.3 is 9.26 Å². The summed E-state index contributed by atoms with van der Waals surface area (Å²) in [6.45, 7) is 1.70. The summed E-state index contributed by atoms with van der Waals surface area (Å²) in [4.78, 5) is 18.4. The van der Waals surface area contributed by atoms with Crippen molar-refractivity contribution in [1.29, 1.82) is 0 Å². The zero-order chi connectivity index (χ0) is 15.5. The lowest BCUT2D eigenvalue weighted by Gasteiger charge is -2.05. The fourth-order valence-electron chi connectivity index (χ4n) is 1.80. The Bertz CT molecular complexity index is 814. The number of ether oxygens (including phenoxy) is 1. The Morgan fingerprint density at radius 3 is 2.64 bits per heavy atom. The molecule has 0 aliphatic rings. The van der Waals surface area contributed by atoms with Crippen LogP contribution in [0.15, 0.2) is 47.1 Å². The molecule has 2 heterocycles. The van der Waals surface area contributed by atoms with E-state index in [0.717, 1.165) is 5.56 Å². The van der Waals surface area contributed by atoms with Crippen molar-refractivity contribution in [2.75, 3.05) is 0 Å². The third-order valence-electron chi connectivity index (χ3n) is 2.80. The van der Waals surface area contributed by atoms with E-state index in [2.05, 4.69) is 15.1 Å². The van der Waals surface area contributed by atoms with Gasteiger partial charge in [0, 0.05) is 24.8 Å². The second-order valence-corrected chi connectivity index (χ2v) is 4.35. The molecular formula is C14H10N4O4. The molecule has 0 radical (unpaired) electrons. The molecule has 2 aromatic heterocycles. The largest absolute Gasteiger partial charge is 0.434 e. The van der Waals surface area contributed by atoms with Gasteiger partial charge in [-0.15, -0.1) is 0 Å². The Labute approximate surface area is 124 Å². The van der Waals surface area contributed by atoms with Gasteiger partial charge in [0.25, 0.3) is 5.88 Å². The second-order valence-electron chi connectivity index (χ2n) is 4.35. The van der Waals surface area contributed by atoms with E-state index in [1.165, 1.54) is 18.3 Å². The van der Waals surface area contributed by atoms with Crippen LogP contribution in [0.4, 0.5) is 5.69 Å². The van der Waals surface area contributed by atoms with Gasteiger partial charge in [-0.2, -0.15) is 4.98 Å². The lowest BCUT2D eigenvalue weighted by Crippen LogP contribution is -1.95. The van der Waals surface area contributed by atoms with Gasteiger partial charge in [-0.25, -0.2) is 4.98 Å². The van der Waals surface area contributed by atoms with Crippen molar-refractivity contribution in [2.24, 2.45) is 0 Å². The number of benzene rings is 1. The summed E-state index contributed by atoms with van der Waals surface area (Å²) >= 11 is 0. The topological polar surface area (TPSA) is 104 Å². The van der Waals surface area contributed by atoms with Crippen molar-refractivity contribution >= 4 is 5.69 Å². The maximum absolute atomic E-state index is 10.9. The zero-order valence-corrected chi connectivity index (χ0v) is 11.5. The van der Waals surface area contributed by atoms with E-state index >= 15 is 0 Å². The molecule has 110 valence electrons. The smallest absolute Gasteiger partial charge is 0.331 e. The summed E-state index contributed by atoms with van der Waals surface area (Å²) in [5, 5.41) is 14.7. The summed E-state index contributed by atoms with van der Waals surface area (Å²) in [6, 6.07) is 9.58. The molecule has 0 aliphatic heterocycles. The van der Waals surface area contributed by atoms with E-state index in [9.17, 15) is 10.1 Å². The molecule has 8 nitrogen and oxygen atoms in total. The predicted octanol–water partition coefficient (Wildman–Crippen LogP) is 3.14. The summed E-state index contributed by atoms with van der Waals surface area (Å²) < 4.78 is 10.4. The van der Waals surface area contributed by atoms with Crippen molar-refractivity contribution in [1.82, 2.24) is 15.1 Å². The molecule has 22 heavy (non-hydrogen) atoms. The molecule has 0 fully saturated rings. The van der Waals surface area contributed by atoms with Crippen molar-refractivity contribution in [3.63, 3.8) is 0 Å². The van der Waals surface area contributed by atoms with E-state index < -0.39 is 4.92 Å². The van der Waals surface area contributed by atoms with Crippen LogP contribution in [0.3, 0.4) is 0 Å². The SMILES string of the molecule is Cc1nc(-c2ccc(Oc3ncccc3[N+](=O)[O-])cc2)no1. The molecule has 0 N–H and O–H groups in total. The van der Waals surface area contributed by atoms with Crippen LogP contribution in [0.25, 0.3) is 11.4 Å². The number of aromatic nitrogens is 3. The fraction of sp³-hybridized carbons (Fsp3) is 0.0714. The first-order valence-electron chi connectivity index (χ1n) is 6.31. The standard InChI is InChI=1S/C14H10N4O4/c1-9-16-13(17-22-9)10-4-6-11(7-5-10)21-14-12(18(19)20)3-2-8-15-14/h2-8H,1H3. The normalized spacial score (nSPS) is 10.4. The van der Waals surface area contributed by atoms with Gasteiger partial charge in [0.2, 0.25) is 11.7 Å². The van der Waals surface area contributed by atoms with E-state index in [4.69, 9.17) is 9.26 Å². The van der Waals surface area contributed by atoms with E-state index in [-0.39, 0.29) is 11.6 Å². The highest BCUT2D eigenvalue weighted by molar-refractivity contribution is 5.56. The maximum atomic E-state index is 10.9. The van der Waals surface area contributed by atoms with Gasteiger partial charge in [0.05, 0.1) is 4.92 Å². The highest BCUT2D eigenvalue weighted by atomic mass is 16.6. The van der Waals surface area contributed by atoms with E-state index in [1.54, 1.807) is 31.2 Å². The molecule has 0 aliphatic carbocycles. The zero-order valence-electron chi connectivity index (χ0n) is 11.5. The van der Waals surface area contributed by atoms with Gasteiger partial charge in [0.1, 0.15) is 5.75 Å². The average Bonchev–Trinajstić information content (AvgIpc) is 2.95. The Hall–Kier alpha value is -3.29. The molecule has 0 unspecified atom stereocenters. The number of nitrogens with zero attached hydrogens (tertiary/aromatic N) is 4. The second kappa shape index (κ2) is 5.60. The summed E-state index contributed by atoms with van der Waals surface area (Å²) in [5.41, 5.74) is 0.556. The fourth-order valence-corrected chi connectivity index (χ4v) is 1.80. The first kappa shape index (κ1) is 13.7. The first-order chi connectivity index (χ1) is 10.6. The van der Waals surface area contributed by atoms with Crippen molar-refractivity contribution in [3.05, 3.63) is 58.6 Å². The minimum atomic E-state index is -0.543. The van der Waals surface area contributed by atoms with Crippen LogP contribution in [0.2, 0.25) is 0 Å². The lowest BCUT2D eigenvalue weighted by atomic mass is 10.2. The highest BCUT2D eigenvalue weighted by Gasteiger charge is 2.16. The Kier molecular flexibility index (Phi) is 3.48. The lowest BCUT2D eigenvalue weighted by molar-refractivity contribution is -0.386. The number of rotatable bonds is 4. The minimum Gasteiger partial charge on any atom is -0.434 e. The van der Waals surface area contributed by atoms with Crippen molar-refractivity contribution in [2.45, 2.75) is 6.92 Å². The monoisotopic (exact) mass is 298 g/mol. The molecule has 0 spiro atoms. The van der Waals surface area contributed by atoms with Crippen LogP contribution in [0.1, 0.15) is 5.89 Å². The van der Waals surface area contributed by atoms with Crippen molar-refractivity contribution in [3.8, 4) is 23.0 Å². The van der Waals surface area contributed by atoms with Gasteiger partial charge in [-0.1, -0.05) is 5.16 Å². The summed E-state index contributed by atoms with van der Waals surface area (Å²) in [6.07, 6.45) is 1.43. The van der Waals surface area contributed by atoms with Crippen LogP contribution in [0.5, 0.6) is 11.6 Å². The van der Waals surface area contributed by atoms with Gasteiger partial charge >= 0.3 is 5.69 Å². The molecule has 3 aromatic rings. The number of nitro groups is 1. The molecule has 0 amide bonds. The van der Waals surface area contributed by atoms with Gasteiger partial charge in [-0.05, 0) is 30.3 Å². The van der Waals surface area contributed by atoms with Crippen LogP contribution >= 0.6 is 0 Å². The number of pyridine rings is 1. The van der Waals surface area contributed by atoms with Gasteiger partial charge in [0.15, 0.2) is 0 Å². The molecule has 0 bridgehead atoms. The Morgan fingerprint density at radius 1 is 1.23 bits per heavy atom. The minimum absolute atomic E-state index is 0.0596. The van der Waals surface area contributed by atoms with Gasteiger partial charge in [-0.3, -0.25) is 10.1 Å². The van der Waals surface area contributed by atoms with E-state index in [1.807, 2.05) is 0 Å². The summed E-state index contributed by atoms with van der Waals surface area (Å²) in [7, 11) is 0. The predicted molar refractivity (Wildman–Crippen MR) is 75.4 cm³/mol. The average molecular weight is 298 g/mol. The third-order valence-corrected chi connectivity index (χ3v) is 2.80. The Morgan fingerprint density at radius 2 is 2.00 bits per heavy atom. The van der Waals surface area contributed by atoms with Crippen LogP contribution in [0, 0.1) is 17.0 Å². The number of hydrogen-bond acceptors (Lipinski definition) is 7. The molecular weight excluding hydrogens is 288 g/mol. The van der Waals surface area contributed by atoms with Crippen LogP contribution in [-0.4, -0.2) is 20.0 Å². The highest BCUT2D eigenvalue weighted by Crippen LogP contribution is 2.29. The van der Waals surface area contributed by atoms with Crippen LogP contribution in [-0.2, 0) is 0 Å². The number of hydrogen-bond donors (Lipinski definition) is 0. The summed E-state index contributed by atoms with van der Waals surface area (Å²) in [5.74, 6) is 1.30.